The zero-order chi connectivity index (χ0) is 15.7. The molecule has 1 atom stereocenters. The topological polar surface area (TPSA) is 46.6 Å². The molecule has 0 aliphatic carbocycles. The second kappa shape index (κ2) is 6.26. The molecule has 0 unspecified atom stereocenters. The first-order valence-corrected chi connectivity index (χ1v) is 9.41. The van der Waals surface area contributed by atoms with E-state index in [1.54, 1.807) is 10.4 Å². The predicted molar refractivity (Wildman–Crippen MR) is 82.4 cm³/mol. The molecule has 1 fully saturated rings. The molecule has 6 heteroatoms. The monoisotopic (exact) mass is 327 g/mol. The van der Waals surface area contributed by atoms with Crippen LogP contribution >= 0.6 is 0 Å². The van der Waals surface area contributed by atoms with Gasteiger partial charge in [-0.1, -0.05) is 6.07 Å². The highest BCUT2D eigenvalue weighted by Gasteiger charge is 2.34. The third kappa shape index (κ3) is 3.34. The number of halogens is 1. The van der Waals surface area contributed by atoms with E-state index in [0.717, 1.165) is 24.0 Å². The summed E-state index contributed by atoms with van der Waals surface area (Å²) in [6.07, 6.45) is 2.24. The van der Waals surface area contributed by atoms with Crippen molar-refractivity contribution >= 4 is 10.0 Å². The van der Waals surface area contributed by atoms with Crippen LogP contribution in [-0.2, 0) is 27.7 Å². The van der Waals surface area contributed by atoms with Crippen LogP contribution in [0.2, 0.25) is 0 Å². The third-order valence-corrected chi connectivity index (χ3v) is 6.74. The number of sulfonamides is 1. The average Bonchev–Trinajstić information content (AvgIpc) is 2.47. The van der Waals surface area contributed by atoms with Crippen LogP contribution in [0.25, 0.3) is 0 Å². The Hall–Kier alpha value is -0.980. The molecule has 0 bridgehead atoms. The molecule has 2 aliphatic heterocycles. The van der Waals surface area contributed by atoms with Crippen molar-refractivity contribution in [2.45, 2.75) is 38.8 Å². The van der Waals surface area contributed by atoms with E-state index in [1.165, 1.54) is 12.1 Å². The van der Waals surface area contributed by atoms with Crippen molar-refractivity contribution in [2.24, 2.45) is 5.92 Å². The lowest BCUT2D eigenvalue weighted by Gasteiger charge is -2.35. The molecule has 122 valence electrons. The molecule has 0 radical (unpaired) electrons. The van der Waals surface area contributed by atoms with E-state index in [9.17, 15) is 12.8 Å². The maximum absolute atomic E-state index is 13.4. The lowest BCUT2D eigenvalue weighted by Crippen LogP contribution is -2.45. The van der Waals surface area contributed by atoms with E-state index in [4.69, 9.17) is 4.74 Å². The number of ether oxygens (including phenoxy) is 1. The van der Waals surface area contributed by atoms with Crippen LogP contribution in [-0.4, -0.2) is 37.7 Å². The lowest BCUT2D eigenvalue weighted by molar-refractivity contribution is 0.0719. The number of fused-ring (bicyclic) bond motifs is 1. The van der Waals surface area contributed by atoms with Gasteiger partial charge in [0.05, 0.1) is 5.75 Å². The first kappa shape index (κ1) is 15.9. The van der Waals surface area contributed by atoms with Crippen LogP contribution in [0.5, 0.6) is 0 Å². The second-order valence-corrected chi connectivity index (χ2v) is 8.31. The normalized spacial score (nSPS) is 24.2. The minimum atomic E-state index is -3.33. The summed E-state index contributed by atoms with van der Waals surface area (Å²) in [6.45, 7) is 3.49. The maximum Gasteiger partial charge on any atom is 0.214 e. The summed E-state index contributed by atoms with van der Waals surface area (Å²) in [5.41, 5.74) is 1.83. The summed E-state index contributed by atoms with van der Waals surface area (Å²) < 4.78 is 45.7. The highest BCUT2D eigenvalue weighted by atomic mass is 32.2. The Balaban J connectivity index is 1.78. The van der Waals surface area contributed by atoms with Gasteiger partial charge in [0.1, 0.15) is 5.82 Å². The summed E-state index contributed by atoms with van der Waals surface area (Å²) in [5, 5.41) is 0. The van der Waals surface area contributed by atoms with Gasteiger partial charge in [-0.2, -0.15) is 4.31 Å². The molecule has 0 spiro atoms. The van der Waals surface area contributed by atoms with Gasteiger partial charge in [-0.3, -0.25) is 0 Å². The lowest BCUT2D eigenvalue weighted by atomic mass is 9.97. The van der Waals surface area contributed by atoms with Crippen molar-refractivity contribution < 1.29 is 17.5 Å². The van der Waals surface area contributed by atoms with Gasteiger partial charge >= 0.3 is 0 Å². The van der Waals surface area contributed by atoms with E-state index in [1.807, 2.05) is 6.92 Å². The van der Waals surface area contributed by atoms with Gasteiger partial charge in [0.25, 0.3) is 0 Å². The molecule has 0 N–H and O–H groups in total. The van der Waals surface area contributed by atoms with E-state index in [2.05, 4.69) is 0 Å². The molecular weight excluding hydrogens is 305 g/mol. The van der Waals surface area contributed by atoms with Gasteiger partial charge in [0, 0.05) is 25.8 Å². The zero-order valence-electron chi connectivity index (χ0n) is 12.8. The molecule has 2 aliphatic rings. The molecular formula is C16H22FNO3S. The molecule has 1 aromatic carbocycles. The first-order valence-electron chi connectivity index (χ1n) is 7.80. The molecule has 3 rings (SSSR count). The van der Waals surface area contributed by atoms with Crippen LogP contribution in [0.15, 0.2) is 18.2 Å². The van der Waals surface area contributed by atoms with Crippen LogP contribution in [0, 0.1) is 11.7 Å². The Morgan fingerprint density at radius 1 is 1.27 bits per heavy atom. The number of nitrogens with zero attached hydrogens (tertiary/aromatic N) is 1. The fourth-order valence-electron chi connectivity index (χ4n) is 3.36. The van der Waals surface area contributed by atoms with Crippen molar-refractivity contribution in [1.29, 1.82) is 0 Å². The molecule has 0 amide bonds. The van der Waals surface area contributed by atoms with Crippen molar-refractivity contribution in [1.82, 2.24) is 4.31 Å². The Labute approximate surface area is 131 Å². The van der Waals surface area contributed by atoms with Crippen LogP contribution in [0.4, 0.5) is 4.39 Å². The van der Waals surface area contributed by atoms with Gasteiger partial charge in [0.2, 0.25) is 10.0 Å². The Morgan fingerprint density at radius 3 is 2.73 bits per heavy atom. The summed E-state index contributed by atoms with van der Waals surface area (Å²) >= 11 is 0. The minimum Gasteiger partial charge on any atom is -0.381 e. The summed E-state index contributed by atoms with van der Waals surface area (Å²) in [7, 11) is -3.33. The molecule has 1 aromatic rings. The van der Waals surface area contributed by atoms with Gasteiger partial charge in [-0.25, -0.2) is 12.8 Å². The summed E-state index contributed by atoms with van der Waals surface area (Å²) in [4.78, 5) is 0. The highest BCUT2D eigenvalue weighted by Crippen LogP contribution is 2.28. The van der Waals surface area contributed by atoms with E-state index in [0.29, 0.717) is 19.6 Å². The fraction of sp³-hybridized carbons (Fsp3) is 0.625. The summed E-state index contributed by atoms with van der Waals surface area (Å²) in [5.74, 6) is 0.0284. The van der Waals surface area contributed by atoms with Gasteiger partial charge in [0.15, 0.2) is 0 Å². The number of hydrogen-bond acceptors (Lipinski definition) is 3. The highest BCUT2D eigenvalue weighted by molar-refractivity contribution is 7.89. The Morgan fingerprint density at radius 2 is 2.00 bits per heavy atom. The number of benzene rings is 1. The molecule has 1 saturated heterocycles. The van der Waals surface area contributed by atoms with Crippen LogP contribution < -0.4 is 0 Å². The molecule has 0 saturated carbocycles. The largest absolute Gasteiger partial charge is 0.381 e. The zero-order valence-corrected chi connectivity index (χ0v) is 13.6. The fourth-order valence-corrected chi connectivity index (χ4v) is 5.44. The minimum absolute atomic E-state index is 0.0807. The van der Waals surface area contributed by atoms with E-state index >= 15 is 0 Å². The van der Waals surface area contributed by atoms with Crippen LogP contribution in [0.1, 0.15) is 30.9 Å². The van der Waals surface area contributed by atoms with E-state index in [-0.39, 0.29) is 30.1 Å². The molecule has 22 heavy (non-hydrogen) atoms. The third-order valence-electron chi connectivity index (χ3n) is 4.65. The van der Waals surface area contributed by atoms with Crippen molar-refractivity contribution in [3.05, 3.63) is 35.1 Å². The SMILES string of the molecule is C[C@H]1Cc2ccc(F)cc2CN1S(=O)(=O)CC1CCOCC1. The Bertz CT molecular complexity index is 641. The van der Waals surface area contributed by atoms with E-state index < -0.39 is 10.0 Å². The average molecular weight is 327 g/mol. The maximum atomic E-state index is 13.4. The smallest absolute Gasteiger partial charge is 0.214 e. The standard InChI is InChI=1S/C16H22FNO3S/c1-12-8-14-2-3-16(17)9-15(14)10-18(12)22(19,20)11-13-4-6-21-7-5-13/h2-3,9,12-13H,4-8,10-11H2,1H3/t12-/m0/s1. The predicted octanol–water partition coefficient (Wildman–Crippen LogP) is 2.33. The number of hydrogen-bond donors (Lipinski definition) is 0. The second-order valence-electron chi connectivity index (χ2n) is 6.35. The molecule has 4 nitrogen and oxygen atoms in total. The first-order chi connectivity index (χ1) is 10.5. The van der Waals surface area contributed by atoms with Crippen molar-refractivity contribution in [3.63, 3.8) is 0 Å². The van der Waals surface area contributed by atoms with Gasteiger partial charge in [-0.15, -0.1) is 0 Å². The quantitative estimate of drug-likeness (QED) is 0.856. The number of rotatable bonds is 3. The Kier molecular flexibility index (Phi) is 4.52. The summed E-state index contributed by atoms with van der Waals surface area (Å²) in [6, 6.07) is 4.59. The van der Waals surface area contributed by atoms with Crippen LogP contribution in [0.3, 0.4) is 0 Å². The van der Waals surface area contributed by atoms with Gasteiger partial charge in [-0.05, 0) is 55.4 Å². The van der Waals surface area contributed by atoms with Gasteiger partial charge < -0.3 is 4.74 Å². The molecule has 0 aromatic heterocycles. The van der Waals surface area contributed by atoms with Crippen molar-refractivity contribution in [3.8, 4) is 0 Å². The van der Waals surface area contributed by atoms with Crippen molar-refractivity contribution in [2.75, 3.05) is 19.0 Å². The molecule has 2 heterocycles.